The molecule has 1 aliphatic rings. The van der Waals surface area contributed by atoms with Gasteiger partial charge in [0.2, 0.25) is 0 Å². The van der Waals surface area contributed by atoms with Gasteiger partial charge in [0.05, 0.1) is 4.92 Å². The van der Waals surface area contributed by atoms with Crippen LogP contribution in [0.15, 0.2) is 48.5 Å². The van der Waals surface area contributed by atoms with Crippen molar-refractivity contribution in [2.75, 3.05) is 31.1 Å². The van der Waals surface area contributed by atoms with Crippen LogP contribution in [0.25, 0.3) is 0 Å². The van der Waals surface area contributed by atoms with Gasteiger partial charge in [0.25, 0.3) is 17.5 Å². The van der Waals surface area contributed by atoms with Crippen LogP contribution in [0.3, 0.4) is 0 Å². The number of hydrogen-bond donors (Lipinski definition) is 1. The van der Waals surface area contributed by atoms with Crippen LogP contribution in [0.4, 0.5) is 11.4 Å². The number of nitrogens with zero attached hydrogens (tertiary/aromatic N) is 3. The highest BCUT2D eigenvalue weighted by Crippen LogP contribution is 2.21. The zero-order valence-corrected chi connectivity index (χ0v) is 17.4. The molecule has 0 saturated carbocycles. The number of piperazine rings is 1. The zero-order chi connectivity index (χ0) is 21.9. The standard InChI is InChI=1S/C22H26N4O4/c1-22(2,3)23-20(27)16-4-6-17(7-5-16)21(28)25-14-12-24(13-15-25)18-8-10-19(11-9-18)26(29)30/h4-11H,12-15H2,1-3H3,(H,23,27). The minimum absolute atomic E-state index is 0.0622. The number of amides is 2. The smallest absolute Gasteiger partial charge is 0.269 e. The minimum atomic E-state index is -0.418. The van der Waals surface area contributed by atoms with E-state index in [2.05, 4.69) is 10.2 Å². The number of nitrogens with one attached hydrogen (secondary N) is 1. The van der Waals surface area contributed by atoms with Crippen molar-refractivity contribution in [2.24, 2.45) is 0 Å². The highest BCUT2D eigenvalue weighted by atomic mass is 16.6. The molecule has 2 amide bonds. The van der Waals surface area contributed by atoms with Gasteiger partial charge >= 0.3 is 0 Å². The Morgan fingerprint density at radius 2 is 1.43 bits per heavy atom. The number of rotatable bonds is 4. The van der Waals surface area contributed by atoms with Crippen LogP contribution in [0.1, 0.15) is 41.5 Å². The van der Waals surface area contributed by atoms with E-state index in [0.29, 0.717) is 37.3 Å². The summed E-state index contributed by atoms with van der Waals surface area (Å²) in [5.74, 6) is -0.237. The molecule has 8 heteroatoms. The van der Waals surface area contributed by atoms with Gasteiger partial charge < -0.3 is 15.1 Å². The molecule has 0 atom stereocenters. The predicted octanol–water partition coefficient (Wildman–Crippen LogP) is 3.09. The van der Waals surface area contributed by atoms with E-state index in [9.17, 15) is 19.7 Å². The molecular formula is C22H26N4O4. The first-order valence-electron chi connectivity index (χ1n) is 9.85. The summed E-state index contributed by atoms with van der Waals surface area (Å²) in [6.07, 6.45) is 0. The Morgan fingerprint density at radius 3 is 1.93 bits per heavy atom. The molecule has 0 radical (unpaired) electrons. The minimum Gasteiger partial charge on any atom is -0.368 e. The highest BCUT2D eigenvalue weighted by molar-refractivity contribution is 5.98. The third kappa shape index (κ3) is 5.14. The first-order valence-corrected chi connectivity index (χ1v) is 9.85. The Balaban J connectivity index is 1.58. The molecule has 8 nitrogen and oxygen atoms in total. The predicted molar refractivity (Wildman–Crippen MR) is 115 cm³/mol. The van der Waals surface area contributed by atoms with E-state index >= 15 is 0 Å². The number of nitro benzene ring substituents is 1. The number of benzene rings is 2. The molecule has 1 saturated heterocycles. The molecule has 1 N–H and O–H groups in total. The van der Waals surface area contributed by atoms with Crippen molar-refractivity contribution in [3.63, 3.8) is 0 Å². The molecule has 2 aromatic rings. The quantitative estimate of drug-likeness (QED) is 0.617. The molecule has 30 heavy (non-hydrogen) atoms. The molecule has 0 bridgehead atoms. The van der Waals surface area contributed by atoms with E-state index in [1.807, 2.05) is 20.8 Å². The summed E-state index contributed by atoms with van der Waals surface area (Å²) in [6.45, 7) is 8.16. The Hall–Kier alpha value is -3.42. The lowest BCUT2D eigenvalue weighted by Crippen LogP contribution is -2.48. The highest BCUT2D eigenvalue weighted by Gasteiger charge is 2.23. The summed E-state index contributed by atoms with van der Waals surface area (Å²) in [7, 11) is 0. The van der Waals surface area contributed by atoms with Gasteiger partial charge in [-0.05, 0) is 57.2 Å². The topological polar surface area (TPSA) is 95.8 Å². The summed E-state index contributed by atoms with van der Waals surface area (Å²) in [5, 5.41) is 13.7. The summed E-state index contributed by atoms with van der Waals surface area (Å²) < 4.78 is 0. The molecule has 2 aromatic carbocycles. The van der Waals surface area contributed by atoms with Crippen LogP contribution in [0.2, 0.25) is 0 Å². The Labute approximate surface area is 175 Å². The fraction of sp³-hybridized carbons (Fsp3) is 0.364. The van der Waals surface area contributed by atoms with E-state index in [1.165, 1.54) is 12.1 Å². The number of anilines is 1. The van der Waals surface area contributed by atoms with Gasteiger partial charge in [-0.3, -0.25) is 19.7 Å². The number of nitro groups is 1. The molecule has 1 fully saturated rings. The lowest BCUT2D eigenvalue weighted by Gasteiger charge is -2.36. The number of carbonyl (C=O) groups excluding carboxylic acids is 2. The van der Waals surface area contributed by atoms with Gasteiger partial charge in [0.15, 0.2) is 0 Å². The van der Waals surface area contributed by atoms with Crippen LogP contribution in [-0.4, -0.2) is 53.4 Å². The maximum absolute atomic E-state index is 12.8. The third-order valence-corrected chi connectivity index (χ3v) is 4.88. The zero-order valence-electron chi connectivity index (χ0n) is 17.4. The van der Waals surface area contributed by atoms with E-state index in [0.717, 1.165) is 5.69 Å². The Bertz CT molecular complexity index is 925. The van der Waals surface area contributed by atoms with Gasteiger partial charge in [0.1, 0.15) is 0 Å². The molecule has 0 aromatic heterocycles. The van der Waals surface area contributed by atoms with Gasteiger partial charge in [-0.1, -0.05) is 0 Å². The van der Waals surface area contributed by atoms with Crippen LogP contribution in [-0.2, 0) is 0 Å². The summed E-state index contributed by atoms with van der Waals surface area (Å²) in [4.78, 5) is 39.3. The number of carbonyl (C=O) groups is 2. The van der Waals surface area contributed by atoms with Crippen molar-refractivity contribution in [3.05, 3.63) is 69.8 Å². The normalized spacial score (nSPS) is 14.4. The lowest BCUT2D eigenvalue weighted by molar-refractivity contribution is -0.384. The van der Waals surface area contributed by atoms with Gasteiger partial charge in [-0.15, -0.1) is 0 Å². The fourth-order valence-electron chi connectivity index (χ4n) is 3.31. The van der Waals surface area contributed by atoms with Crippen LogP contribution in [0, 0.1) is 10.1 Å². The SMILES string of the molecule is CC(C)(C)NC(=O)c1ccc(C(=O)N2CCN(c3ccc([N+](=O)[O-])cc3)CC2)cc1. The average molecular weight is 410 g/mol. The average Bonchev–Trinajstić information content (AvgIpc) is 2.72. The molecule has 0 spiro atoms. The van der Waals surface area contributed by atoms with Gasteiger partial charge in [-0.25, -0.2) is 0 Å². The van der Waals surface area contributed by atoms with Crippen molar-refractivity contribution >= 4 is 23.2 Å². The Morgan fingerprint density at radius 1 is 0.900 bits per heavy atom. The van der Waals surface area contributed by atoms with Crippen molar-refractivity contribution in [3.8, 4) is 0 Å². The molecule has 1 heterocycles. The Kier molecular flexibility index (Phi) is 6.05. The van der Waals surface area contributed by atoms with Gasteiger partial charge in [0, 0.05) is 60.7 Å². The maximum atomic E-state index is 12.8. The van der Waals surface area contributed by atoms with E-state index in [-0.39, 0.29) is 23.0 Å². The van der Waals surface area contributed by atoms with Crippen LogP contribution >= 0.6 is 0 Å². The molecule has 0 aliphatic carbocycles. The second-order valence-electron chi connectivity index (χ2n) is 8.33. The van der Waals surface area contributed by atoms with Crippen molar-refractivity contribution in [2.45, 2.75) is 26.3 Å². The fourth-order valence-corrected chi connectivity index (χ4v) is 3.31. The molecular weight excluding hydrogens is 384 g/mol. The summed E-state index contributed by atoms with van der Waals surface area (Å²) >= 11 is 0. The molecule has 3 rings (SSSR count). The largest absolute Gasteiger partial charge is 0.368 e. The van der Waals surface area contributed by atoms with E-state index in [1.54, 1.807) is 41.3 Å². The molecule has 158 valence electrons. The van der Waals surface area contributed by atoms with E-state index in [4.69, 9.17) is 0 Å². The number of hydrogen-bond acceptors (Lipinski definition) is 5. The van der Waals surface area contributed by atoms with Crippen LogP contribution < -0.4 is 10.2 Å². The molecule has 1 aliphatic heterocycles. The maximum Gasteiger partial charge on any atom is 0.269 e. The first-order chi connectivity index (χ1) is 14.1. The molecule has 0 unspecified atom stereocenters. The second kappa shape index (κ2) is 8.52. The van der Waals surface area contributed by atoms with Crippen molar-refractivity contribution < 1.29 is 14.5 Å². The third-order valence-electron chi connectivity index (χ3n) is 4.88. The monoisotopic (exact) mass is 410 g/mol. The number of non-ortho nitro benzene ring substituents is 1. The first kappa shape index (κ1) is 21.3. The summed E-state index contributed by atoms with van der Waals surface area (Å²) in [6, 6.07) is 13.1. The van der Waals surface area contributed by atoms with E-state index < -0.39 is 4.92 Å². The van der Waals surface area contributed by atoms with Gasteiger partial charge in [-0.2, -0.15) is 0 Å². The van der Waals surface area contributed by atoms with Crippen molar-refractivity contribution in [1.82, 2.24) is 10.2 Å². The summed E-state index contributed by atoms with van der Waals surface area (Å²) in [5.41, 5.74) is 1.71. The lowest BCUT2D eigenvalue weighted by atomic mass is 10.1. The second-order valence-corrected chi connectivity index (χ2v) is 8.33. The van der Waals surface area contributed by atoms with Crippen molar-refractivity contribution in [1.29, 1.82) is 0 Å². The van der Waals surface area contributed by atoms with Crippen LogP contribution in [0.5, 0.6) is 0 Å².